The second-order valence-electron chi connectivity index (χ2n) is 5.61. The molecule has 3 aromatic rings. The first-order chi connectivity index (χ1) is 11.8. The van der Waals surface area contributed by atoms with E-state index in [2.05, 4.69) is 72.3 Å². The Bertz CT molecular complexity index is 890. The van der Waals surface area contributed by atoms with Crippen molar-refractivity contribution in [3.05, 3.63) is 78.4 Å². The van der Waals surface area contributed by atoms with Crippen LogP contribution in [0.3, 0.4) is 0 Å². The molecule has 4 heteroatoms. The van der Waals surface area contributed by atoms with Crippen LogP contribution in [-0.4, -0.2) is 10.6 Å². The number of thioether (sulfide) groups is 1. The molecule has 2 nitrogen and oxygen atoms in total. The zero-order valence-electron chi connectivity index (χ0n) is 13.3. The van der Waals surface area contributed by atoms with Gasteiger partial charge in [-0.15, -0.1) is 0 Å². The Hall–Kier alpha value is -2.04. The highest BCUT2D eigenvalue weighted by Crippen LogP contribution is 2.42. The molecule has 0 aromatic heterocycles. The molecule has 0 fully saturated rings. The van der Waals surface area contributed by atoms with E-state index in [1.807, 2.05) is 23.9 Å². The maximum absolute atomic E-state index is 4.88. The molecule has 0 bridgehead atoms. The second-order valence-corrected chi connectivity index (χ2v) is 7.71. The molecule has 0 atom stereocenters. The number of fused-ring (bicyclic) bond motifs is 1. The summed E-state index contributed by atoms with van der Waals surface area (Å²) in [5.41, 5.74) is 3.50. The lowest BCUT2D eigenvalue weighted by Gasteiger charge is -2.13. The molecule has 0 amide bonds. The van der Waals surface area contributed by atoms with Gasteiger partial charge in [0.05, 0.1) is 0 Å². The number of hydrogen-bond donors (Lipinski definition) is 0. The van der Waals surface area contributed by atoms with E-state index in [0.29, 0.717) is 0 Å². The maximum Gasteiger partial charge on any atom is 0.232 e. The lowest BCUT2D eigenvalue weighted by Crippen LogP contribution is -2.06. The van der Waals surface area contributed by atoms with E-state index in [1.54, 1.807) is 11.8 Å². The Labute approximate surface area is 150 Å². The van der Waals surface area contributed by atoms with Gasteiger partial charge in [-0.25, -0.2) is 0 Å². The summed E-state index contributed by atoms with van der Waals surface area (Å²) in [5.74, 6) is 0.850. The summed E-state index contributed by atoms with van der Waals surface area (Å²) >= 11 is 3.64. The molecule has 0 N–H and O–H groups in total. The Morgan fingerprint density at radius 3 is 2.38 bits per heavy atom. The SMILES string of the molecule is Cc1cc(Sc2ccccc2)cc2c1SC[N+](c1ccccc1)=N2. The van der Waals surface area contributed by atoms with Gasteiger partial charge in [-0.1, -0.05) is 64.6 Å². The van der Waals surface area contributed by atoms with Gasteiger partial charge < -0.3 is 0 Å². The van der Waals surface area contributed by atoms with Crippen LogP contribution >= 0.6 is 23.5 Å². The largest absolute Gasteiger partial charge is 0.232 e. The van der Waals surface area contributed by atoms with Crippen LogP contribution in [0.4, 0.5) is 11.4 Å². The molecule has 3 aromatic carbocycles. The molecule has 24 heavy (non-hydrogen) atoms. The van der Waals surface area contributed by atoms with Crippen molar-refractivity contribution in [2.24, 2.45) is 5.11 Å². The van der Waals surface area contributed by atoms with Gasteiger partial charge in [0.1, 0.15) is 5.69 Å². The molecule has 0 aliphatic carbocycles. The molecule has 1 aliphatic rings. The average Bonchev–Trinajstić information content (AvgIpc) is 2.63. The highest BCUT2D eigenvalue weighted by Gasteiger charge is 2.22. The van der Waals surface area contributed by atoms with Crippen LogP contribution in [0.2, 0.25) is 0 Å². The van der Waals surface area contributed by atoms with E-state index in [9.17, 15) is 0 Å². The van der Waals surface area contributed by atoms with Gasteiger partial charge in [-0.3, -0.25) is 0 Å². The molecule has 118 valence electrons. The third kappa shape index (κ3) is 3.25. The minimum atomic E-state index is 0.850. The molecule has 0 saturated heterocycles. The second kappa shape index (κ2) is 6.83. The Morgan fingerprint density at radius 1 is 0.917 bits per heavy atom. The van der Waals surface area contributed by atoms with Crippen molar-refractivity contribution in [1.29, 1.82) is 0 Å². The molecular formula is C20H17N2S2+. The zero-order valence-corrected chi connectivity index (χ0v) is 15.0. The van der Waals surface area contributed by atoms with Gasteiger partial charge in [0.15, 0.2) is 0 Å². The van der Waals surface area contributed by atoms with Crippen molar-refractivity contribution in [1.82, 2.24) is 0 Å². The van der Waals surface area contributed by atoms with Gasteiger partial charge in [0, 0.05) is 31.9 Å². The highest BCUT2D eigenvalue weighted by atomic mass is 32.2. The van der Waals surface area contributed by atoms with E-state index in [0.717, 1.165) is 17.3 Å². The number of para-hydroxylation sites is 1. The first kappa shape index (κ1) is 15.5. The quantitative estimate of drug-likeness (QED) is 0.493. The average molecular weight is 350 g/mol. The third-order valence-electron chi connectivity index (χ3n) is 3.82. The van der Waals surface area contributed by atoms with Crippen molar-refractivity contribution < 1.29 is 4.70 Å². The third-order valence-corrected chi connectivity index (χ3v) is 5.99. The Balaban J connectivity index is 1.71. The summed E-state index contributed by atoms with van der Waals surface area (Å²) in [5, 5.41) is 4.88. The fourth-order valence-corrected chi connectivity index (χ4v) is 4.65. The number of aryl methyl sites for hydroxylation is 1. The van der Waals surface area contributed by atoms with Gasteiger partial charge in [0.25, 0.3) is 0 Å². The molecule has 0 saturated carbocycles. The predicted molar refractivity (Wildman–Crippen MR) is 101 cm³/mol. The summed E-state index contributed by atoms with van der Waals surface area (Å²) in [7, 11) is 0. The Kier molecular flexibility index (Phi) is 4.41. The van der Waals surface area contributed by atoms with E-state index >= 15 is 0 Å². The van der Waals surface area contributed by atoms with Crippen LogP contribution in [0, 0.1) is 6.92 Å². The summed E-state index contributed by atoms with van der Waals surface area (Å²) < 4.78 is 2.07. The van der Waals surface area contributed by atoms with Crippen LogP contribution < -0.4 is 0 Å². The Morgan fingerprint density at radius 2 is 1.62 bits per heavy atom. The van der Waals surface area contributed by atoms with Gasteiger partial charge in [-0.05, 0) is 36.8 Å². The summed E-state index contributed by atoms with van der Waals surface area (Å²) in [6.45, 7) is 2.18. The monoisotopic (exact) mass is 349 g/mol. The zero-order chi connectivity index (χ0) is 16.4. The van der Waals surface area contributed by atoms with Crippen molar-refractivity contribution in [2.45, 2.75) is 21.6 Å². The van der Waals surface area contributed by atoms with Crippen molar-refractivity contribution >= 4 is 34.9 Å². The van der Waals surface area contributed by atoms with Crippen molar-refractivity contribution in [3.8, 4) is 0 Å². The molecule has 0 unspecified atom stereocenters. The predicted octanol–water partition coefficient (Wildman–Crippen LogP) is 6.64. The van der Waals surface area contributed by atoms with Crippen LogP contribution in [0.5, 0.6) is 0 Å². The van der Waals surface area contributed by atoms with Crippen molar-refractivity contribution in [3.63, 3.8) is 0 Å². The fourth-order valence-electron chi connectivity index (χ4n) is 2.69. The molecule has 0 radical (unpaired) electrons. The van der Waals surface area contributed by atoms with Crippen LogP contribution in [0.15, 0.2) is 92.6 Å². The molecular weight excluding hydrogens is 332 g/mol. The van der Waals surface area contributed by atoms with E-state index in [1.165, 1.54) is 20.2 Å². The van der Waals surface area contributed by atoms with E-state index in [4.69, 9.17) is 5.11 Å². The number of rotatable bonds is 3. The first-order valence-corrected chi connectivity index (χ1v) is 9.64. The molecule has 1 aliphatic heterocycles. The molecule has 0 spiro atoms. The smallest absolute Gasteiger partial charge is 0.0900 e. The lowest BCUT2D eigenvalue weighted by molar-refractivity contribution is -0.488. The number of nitrogens with zero attached hydrogens (tertiary/aromatic N) is 2. The number of hydrogen-bond acceptors (Lipinski definition) is 3. The topological polar surface area (TPSA) is 15.4 Å². The normalized spacial score (nSPS) is 13.3. The summed E-state index contributed by atoms with van der Waals surface area (Å²) in [6, 6.07) is 25.3. The highest BCUT2D eigenvalue weighted by molar-refractivity contribution is 7.99. The van der Waals surface area contributed by atoms with Crippen LogP contribution in [0.1, 0.15) is 5.56 Å². The van der Waals surface area contributed by atoms with E-state index < -0.39 is 0 Å². The summed E-state index contributed by atoms with van der Waals surface area (Å²) in [4.78, 5) is 3.77. The number of benzene rings is 3. The van der Waals surface area contributed by atoms with Gasteiger partial charge >= 0.3 is 0 Å². The van der Waals surface area contributed by atoms with Gasteiger partial charge in [0.2, 0.25) is 11.6 Å². The van der Waals surface area contributed by atoms with Crippen molar-refractivity contribution in [2.75, 3.05) is 5.88 Å². The van der Waals surface area contributed by atoms with Crippen LogP contribution in [0.25, 0.3) is 0 Å². The number of azo groups is 2. The standard InChI is InChI=1S/C20H17N2S2/c1-15-12-18(24-17-10-6-3-7-11-17)13-19-20(15)23-14-22(21-19)16-8-4-2-5-9-16/h2-13H,14H2,1H3/q+1. The summed E-state index contributed by atoms with van der Waals surface area (Å²) in [6.07, 6.45) is 0. The van der Waals surface area contributed by atoms with Crippen LogP contribution in [-0.2, 0) is 0 Å². The van der Waals surface area contributed by atoms with Gasteiger partial charge in [-0.2, -0.15) is 0 Å². The first-order valence-electron chi connectivity index (χ1n) is 7.84. The molecule has 4 rings (SSSR count). The fraction of sp³-hybridized carbons (Fsp3) is 0.100. The van der Waals surface area contributed by atoms with E-state index in [-0.39, 0.29) is 0 Å². The lowest BCUT2D eigenvalue weighted by atomic mass is 10.2. The molecule has 1 heterocycles. The minimum Gasteiger partial charge on any atom is -0.0900 e. The maximum atomic E-state index is 4.88. The minimum absolute atomic E-state index is 0.850.